The number of alkyl halides is 1. The summed E-state index contributed by atoms with van der Waals surface area (Å²) in [6.45, 7) is 3.23. The molecule has 4 aromatic rings. The number of ether oxygens (including phenoxy) is 1. The highest BCUT2D eigenvalue weighted by Crippen LogP contribution is 2.41. The molecule has 2 aromatic carbocycles. The van der Waals surface area contributed by atoms with Crippen LogP contribution in [0.1, 0.15) is 31.2 Å². The molecule has 0 unspecified atom stereocenters. The van der Waals surface area contributed by atoms with Gasteiger partial charge in [0.05, 0.1) is 23.4 Å². The Morgan fingerprint density at radius 2 is 2.02 bits per heavy atom. The zero-order chi connectivity index (χ0) is 29.6. The Balaban J connectivity index is 1.35. The fourth-order valence-electron chi connectivity index (χ4n) is 7.09. The van der Waals surface area contributed by atoms with Crippen molar-refractivity contribution in [2.75, 3.05) is 44.2 Å². The first-order valence-corrected chi connectivity index (χ1v) is 14.7. The minimum Gasteiger partial charge on any atom is -0.461 e. The van der Waals surface area contributed by atoms with E-state index in [0.29, 0.717) is 61.4 Å². The summed E-state index contributed by atoms with van der Waals surface area (Å²) >= 11 is 0. The van der Waals surface area contributed by atoms with Gasteiger partial charge >= 0.3 is 6.01 Å². The summed E-state index contributed by atoms with van der Waals surface area (Å²) in [6, 6.07) is 13.4. The summed E-state index contributed by atoms with van der Waals surface area (Å²) in [7, 11) is 0. The van der Waals surface area contributed by atoms with Gasteiger partial charge in [-0.1, -0.05) is 36.3 Å². The topological polar surface area (TPSA) is 90.2 Å². The van der Waals surface area contributed by atoms with Crippen molar-refractivity contribution in [2.24, 2.45) is 0 Å². The monoisotopic (exact) mass is 579 g/mol. The maximum atomic E-state index is 16.7. The Kier molecular flexibility index (Phi) is 7.04. The highest BCUT2D eigenvalue weighted by atomic mass is 19.1. The van der Waals surface area contributed by atoms with Gasteiger partial charge in [-0.3, -0.25) is 9.88 Å². The predicted molar refractivity (Wildman–Crippen MR) is 161 cm³/mol. The summed E-state index contributed by atoms with van der Waals surface area (Å²) < 4.78 is 37.3. The van der Waals surface area contributed by atoms with Crippen LogP contribution in [0.25, 0.3) is 32.9 Å². The number of nitrogens with zero attached hydrogens (tertiary/aromatic N) is 6. The van der Waals surface area contributed by atoms with Crippen molar-refractivity contribution in [2.45, 2.75) is 43.4 Å². The molecule has 1 N–H and O–H groups in total. The number of terminal acetylenes is 1. The zero-order valence-electron chi connectivity index (χ0n) is 23.7. The highest BCUT2D eigenvalue weighted by molar-refractivity contribution is 6.02. The van der Waals surface area contributed by atoms with Gasteiger partial charge in [-0.2, -0.15) is 15.2 Å². The van der Waals surface area contributed by atoms with E-state index in [1.54, 1.807) is 6.20 Å². The Morgan fingerprint density at radius 3 is 2.86 bits per heavy atom. The van der Waals surface area contributed by atoms with Crippen LogP contribution >= 0.6 is 0 Å². The van der Waals surface area contributed by atoms with E-state index >= 15 is 4.39 Å². The quantitative estimate of drug-likeness (QED) is 0.331. The molecule has 0 aliphatic carbocycles. The maximum absolute atomic E-state index is 16.7. The Labute approximate surface area is 248 Å². The van der Waals surface area contributed by atoms with E-state index in [-0.39, 0.29) is 29.9 Å². The SMILES string of the molecule is C#Cc1cccc2cccc(-c3ncc4c(N5CCN[C@@H](CC#N)C5)nc(OC[C@@]56CCCN5C[C@H](F)C6)nc4c3F)c12. The molecule has 0 radical (unpaired) electrons. The lowest BCUT2D eigenvalue weighted by molar-refractivity contribution is 0.107. The number of fused-ring (bicyclic) bond motifs is 3. The number of anilines is 1. The van der Waals surface area contributed by atoms with Gasteiger partial charge in [0.25, 0.3) is 0 Å². The molecular formula is C33H31F2N7O. The second-order valence-corrected chi connectivity index (χ2v) is 11.7. The van der Waals surface area contributed by atoms with Crippen LogP contribution in [0.3, 0.4) is 0 Å². The van der Waals surface area contributed by atoms with E-state index in [1.807, 2.05) is 41.3 Å². The third-order valence-electron chi connectivity index (χ3n) is 9.08. The average molecular weight is 580 g/mol. The Hall–Kier alpha value is -4.38. The van der Waals surface area contributed by atoms with Crippen LogP contribution in [0.15, 0.2) is 42.6 Å². The maximum Gasteiger partial charge on any atom is 0.319 e. The third kappa shape index (κ3) is 4.81. The van der Waals surface area contributed by atoms with Crippen LogP contribution in [-0.4, -0.2) is 76.9 Å². The highest BCUT2D eigenvalue weighted by Gasteiger charge is 2.49. The zero-order valence-corrected chi connectivity index (χ0v) is 23.7. The smallest absolute Gasteiger partial charge is 0.319 e. The van der Waals surface area contributed by atoms with Crippen LogP contribution in [-0.2, 0) is 0 Å². The summed E-state index contributed by atoms with van der Waals surface area (Å²) in [5, 5.41) is 14.7. The lowest BCUT2D eigenvalue weighted by Gasteiger charge is -2.34. The minimum atomic E-state index is -0.894. The van der Waals surface area contributed by atoms with Crippen molar-refractivity contribution in [3.05, 3.63) is 54.0 Å². The minimum absolute atomic E-state index is 0.0414. The van der Waals surface area contributed by atoms with E-state index in [2.05, 4.69) is 32.2 Å². The van der Waals surface area contributed by atoms with E-state index in [0.717, 1.165) is 30.2 Å². The molecule has 0 amide bonds. The van der Waals surface area contributed by atoms with Gasteiger partial charge in [-0.25, -0.2) is 8.78 Å². The molecule has 3 atom stereocenters. The van der Waals surface area contributed by atoms with Crippen LogP contribution in [0.2, 0.25) is 0 Å². The first-order chi connectivity index (χ1) is 21.0. The second kappa shape index (κ2) is 11.0. The van der Waals surface area contributed by atoms with Crippen LogP contribution in [0.5, 0.6) is 6.01 Å². The Bertz CT molecular complexity index is 1800. The summed E-state index contributed by atoms with van der Waals surface area (Å²) in [4.78, 5) is 18.1. The van der Waals surface area contributed by atoms with Gasteiger partial charge in [0.2, 0.25) is 0 Å². The van der Waals surface area contributed by atoms with Crippen molar-refractivity contribution in [3.8, 4) is 35.7 Å². The summed E-state index contributed by atoms with van der Waals surface area (Å²) in [6.07, 6.45) is 9.08. The van der Waals surface area contributed by atoms with Crippen LogP contribution in [0.4, 0.5) is 14.6 Å². The van der Waals surface area contributed by atoms with Crippen molar-refractivity contribution in [1.29, 1.82) is 5.26 Å². The van der Waals surface area contributed by atoms with Crippen molar-refractivity contribution >= 4 is 27.5 Å². The molecule has 3 aliphatic rings. The van der Waals surface area contributed by atoms with E-state index in [9.17, 15) is 9.65 Å². The third-order valence-corrected chi connectivity index (χ3v) is 9.08. The molecule has 7 rings (SSSR count). The molecule has 218 valence electrons. The van der Waals surface area contributed by atoms with Crippen LogP contribution < -0.4 is 15.0 Å². The lowest BCUT2D eigenvalue weighted by atomic mass is 9.95. The fourth-order valence-corrected chi connectivity index (χ4v) is 7.09. The largest absolute Gasteiger partial charge is 0.461 e. The molecule has 0 saturated carbocycles. The first kappa shape index (κ1) is 27.5. The molecule has 3 saturated heterocycles. The molecule has 43 heavy (non-hydrogen) atoms. The van der Waals surface area contributed by atoms with E-state index in [4.69, 9.17) is 16.1 Å². The average Bonchev–Trinajstić information content (AvgIpc) is 3.55. The second-order valence-electron chi connectivity index (χ2n) is 11.7. The number of aromatic nitrogens is 3. The number of hydrogen-bond acceptors (Lipinski definition) is 8. The molecule has 3 aliphatic heterocycles. The van der Waals surface area contributed by atoms with Crippen LogP contribution in [0, 0.1) is 29.5 Å². The number of piperazine rings is 1. The number of nitrogens with one attached hydrogen (secondary N) is 1. The number of pyridine rings is 1. The fraction of sp³-hybridized carbons (Fsp3) is 0.394. The molecule has 0 bridgehead atoms. The summed E-state index contributed by atoms with van der Waals surface area (Å²) in [5.74, 6) is 2.62. The van der Waals surface area contributed by atoms with Gasteiger partial charge < -0.3 is 15.0 Å². The first-order valence-electron chi connectivity index (χ1n) is 14.7. The number of hydrogen-bond donors (Lipinski definition) is 1. The van der Waals surface area contributed by atoms with Crippen molar-refractivity contribution < 1.29 is 13.5 Å². The molecule has 0 spiro atoms. The number of benzene rings is 2. The standard InChI is InChI=1S/C33H31F2N7O/c1-2-21-6-3-7-22-8-4-9-25(27(21)22)29-28(35)30-26(17-38-29)31(41-15-13-37-24(19-41)10-12-36)40-32(39-30)43-20-33-11-5-14-42(33)18-23(34)16-33/h1,3-4,6-9,17,23-24,37H,5,10-11,13-16,18-20H2/t23-,24+,33+/m1/s1. The lowest BCUT2D eigenvalue weighted by Crippen LogP contribution is -2.51. The molecule has 3 fully saturated rings. The molecule has 10 heteroatoms. The molecule has 5 heterocycles. The van der Waals surface area contributed by atoms with Gasteiger partial charge in [0, 0.05) is 61.4 Å². The van der Waals surface area contributed by atoms with E-state index in [1.165, 1.54) is 0 Å². The number of rotatable bonds is 6. The van der Waals surface area contributed by atoms with Gasteiger partial charge in [0.15, 0.2) is 5.82 Å². The predicted octanol–water partition coefficient (Wildman–Crippen LogP) is 4.61. The Morgan fingerprint density at radius 1 is 1.16 bits per heavy atom. The number of nitriles is 1. The molecule has 8 nitrogen and oxygen atoms in total. The summed E-state index contributed by atoms with van der Waals surface area (Å²) in [5.41, 5.74) is 1.04. The normalized spacial score (nSPS) is 23.8. The van der Waals surface area contributed by atoms with Gasteiger partial charge in [0.1, 0.15) is 29.8 Å². The van der Waals surface area contributed by atoms with Crippen molar-refractivity contribution in [1.82, 2.24) is 25.2 Å². The number of halogens is 2. The van der Waals surface area contributed by atoms with Gasteiger partial charge in [-0.15, -0.1) is 6.42 Å². The molecule has 2 aromatic heterocycles. The van der Waals surface area contributed by atoms with Crippen molar-refractivity contribution in [3.63, 3.8) is 0 Å². The van der Waals surface area contributed by atoms with Gasteiger partial charge in [-0.05, 0) is 30.8 Å². The molecular weight excluding hydrogens is 548 g/mol. The van der Waals surface area contributed by atoms with E-state index < -0.39 is 17.5 Å².